The van der Waals surface area contributed by atoms with Gasteiger partial charge in [-0.25, -0.2) is 8.42 Å². The van der Waals surface area contributed by atoms with Crippen LogP contribution in [0.1, 0.15) is 17.0 Å². The van der Waals surface area contributed by atoms with E-state index < -0.39 is 10.0 Å². The Morgan fingerprint density at radius 1 is 1.23 bits per heavy atom. The Bertz CT molecular complexity index is 1070. The van der Waals surface area contributed by atoms with E-state index in [0.717, 1.165) is 5.56 Å². The number of anilines is 1. The van der Waals surface area contributed by atoms with Crippen LogP contribution in [0.15, 0.2) is 39.8 Å². The predicted molar refractivity (Wildman–Crippen MR) is 104 cm³/mol. The minimum atomic E-state index is -3.81. The fraction of sp³-hybridized carbons (Fsp3) is 0.250. The van der Waals surface area contributed by atoms with Gasteiger partial charge in [0.2, 0.25) is 0 Å². The lowest BCUT2D eigenvalue weighted by molar-refractivity contribution is 0.599. The molecule has 0 unspecified atom stereocenters. The number of aryl methyl sites for hydroxylation is 2. The summed E-state index contributed by atoms with van der Waals surface area (Å²) >= 11 is 9.52. The van der Waals surface area contributed by atoms with E-state index in [2.05, 4.69) is 30.8 Å². The molecule has 0 spiro atoms. The van der Waals surface area contributed by atoms with Crippen LogP contribution in [0.4, 0.5) is 5.82 Å². The quantitative estimate of drug-likeness (QED) is 0.634. The average molecular weight is 459 g/mol. The largest absolute Gasteiger partial charge is 0.271 e. The summed E-state index contributed by atoms with van der Waals surface area (Å²) in [4.78, 5) is 0.160. The van der Waals surface area contributed by atoms with E-state index >= 15 is 0 Å². The number of rotatable bonds is 5. The lowest BCUT2D eigenvalue weighted by Crippen LogP contribution is -2.16. The van der Waals surface area contributed by atoms with Gasteiger partial charge in [0, 0.05) is 18.3 Å². The molecule has 0 aliphatic carbocycles. The summed E-state index contributed by atoms with van der Waals surface area (Å²) in [6, 6.07) is 7.43. The van der Waals surface area contributed by atoms with Gasteiger partial charge in [0.25, 0.3) is 10.0 Å². The Balaban J connectivity index is 1.89. The first-order chi connectivity index (χ1) is 12.2. The molecule has 26 heavy (non-hydrogen) atoms. The highest BCUT2D eigenvalue weighted by Crippen LogP contribution is 2.27. The number of nitrogens with one attached hydrogen (secondary N) is 1. The first-order valence-corrected chi connectivity index (χ1v) is 10.3. The van der Waals surface area contributed by atoms with Crippen molar-refractivity contribution < 1.29 is 8.42 Å². The van der Waals surface area contributed by atoms with Gasteiger partial charge in [-0.2, -0.15) is 10.2 Å². The smallest absolute Gasteiger partial charge is 0.266 e. The van der Waals surface area contributed by atoms with Crippen molar-refractivity contribution in [2.45, 2.75) is 25.3 Å². The molecule has 3 aromatic rings. The molecule has 3 rings (SSSR count). The third kappa shape index (κ3) is 3.65. The highest BCUT2D eigenvalue weighted by molar-refractivity contribution is 9.10. The lowest BCUT2D eigenvalue weighted by atomic mass is 10.2. The highest BCUT2D eigenvalue weighted by Gasteiger charge is 2.25. The molecule has 1 N–H and O–H groups in total. The van der Waals surface area contributed by atoms with Gasteiger partial charge in [-0.1, -0.05) is 29.8 Å². The number of aromatic nitrogens is 4. The van der Waals surface area contributed by atoms with Crippen molar-refractivity contribution >= 4 is 43.4 Å². The second-order valence-electron chi connectivity index (χ2n) is 5.84. The van der Waals surface area contributed by atoms with Crippen LogP contribution in [-0.2, 0) is 23.6 Å². The first kappa shape index (κ1) is 18.9. The molecule has 0 radical (unpaired) electrons. The Morgan fingerprint density at radius 3 is 2.54 bits per heavy atom. The second-order valence-corrected chi connectivity index (χ2v) is 8.72. The molecule has 0 aliphatic rings. The van der Waals surface area contributed by atoms with E-state index in [0.29, 0.717) is 27.4 Å². The minimum Gasteiger partial charge on any atom is -0.271 e. The summed E-state index contributed by atoms with van der Waals surface area (Å²) in [5.41, 5.74) is 1.88. The molecule has 0 aliphatic heterocycles. The minimum absolute atomic E-state index is 0.160. The predicted octanol–water partition coefficient (Wildman–Crippen LogP) is 3.50. The Hall–Kier alpha value is -1.84. The third-order valence-electron chi connectivity index (χ3n) is 3.95. The van der Waals surface area contributed by atoms with Gasteiger partial charge in [-0.3, -0.25) is 14.1 Å². The number of hydrogen-bond acceptors (Lipinski definition) is 4. The van der Waals surface area contributed by atoms with Crippen LogP contribution in [0, 0.1) is 13.8 Å². The van der Waals surface area contributed by atoms with Crippen molar-refractivity contribution in [1.82, 2.24) is 19.6 Å². The number of hydrogen-bond donors (Lipinski definition) is 1. The SMILES string of the molecule is Cc1nn(C)c(C)c1S(=O)(=O)Nc1nn(Cc2ccccc2Cl)cc1Br. The van der Waals surface area contributed by atoms with Crippen LogP contribution in [0.5, 0.6) is 0 Å². The monoisotopic (exact) mass is 457 g/mol. The van der Waals surface area contributed by atoms with Crippen LogP contribution >= 0.6 is 27.5 Å². The normalized spacial score (nSPS) is 11.7. The molecule has 1 aromatic carbocycles. The van der Waals surface area contributed by atoms with E-state index in [-0.39, 0.29) is 10.7 Å². The van der Waals surface area contributed by atoms with Gasteiger partial charge in [0.15, 0.2) is 5.82 Å². The Morgan fingerprint density at radius 2 is 1.92 bits per heavy atom. The van der Waals surface area contributed by atoms with Gasteiger partial charge < -0.3 is 0 Å². The van der Waals surface area contributed by atoms with Crippen molar-refractivity contribution in [3.63, 3.8) is 0 Å². The number of halogens is 2. The van der Waals surface area contributed by atoms with E-state index in [9.17, 15) is 8.42 Å². The molecule has 2 heterocycles. The summed E-state index contributed by atoms with van der Waals surface area (Å²) < 4.78 is 31.8. The van der Waals surface area contributed by atoms with Gasteiger partial charge in [-0.05, 0) is 41.4 Å². The van der Waals surface area contributed by atoms with Crippen molar-refractivity contribution in [3.8, 4) is 0 Å². The van der Waals surface area contributed by atoms with Crippen LogP contribution in [-0.4, -0.2) is 28.0 Å². The standard InChI is InChI=1S/C16H17BrClN5O2S/c1-10-15(11(2)22(3)19-10)26(24,25)21-16-13(17)9-23(20-16)8-12-6-4-5-7-14(12)18/h4-7,9H,8H2,1-3H3,(H,20,21). The van der Waals surface area contributed by atoms with Crippen molar-refractivity contribution in [2.24, 2.45) is 7.05 Å². The van der Waals surface area contributed by atoms with Crippen LogP contribution < -0.4 is 4.72 Å². The zero-order chi connectivity index (χ0) is 19.1. The number of nitrogens with zero attached hydrogens (tertiary/aromatic N) is 4. The summed E-state index contributed by atoms with van der Waals surface area (Å²) in [6.07, 6.45) is 1.70. The molecule has 7 nitrogen and oxygen atoms in total. The van der Waals surface area contributed by atoms with E-state index in [4.69, 9.17) is 11.6 Å². The summed E-state index contributed by atoms with van der Waals surface area (Å²) in [7, 11) is -2.11. The molecule has 0 atom stereocenters. The number of benzene rings is 1. The number of sulfonamides is 1. The molecule has 0 saturated carbocycles. The molecule has 0 fully saturated rings. The highest BCUT2D eigenvalue weighted by atomic mass is 79.9. The van der Waals surface area contributed by atoms with Gasteiger partial charge in [-0.15, -0.1) is 0 Å². The first-order valence-electron chi connectivity index (χ1n) is 7.68. The molecule has 2 aromatic heterocycles. The maximum atomic E-state index is 12.8. The second kappa shape index (κ2) is 7.05. The maximum Gasteiger partial charge on any atom is 0.266 e. The van der Waals surface area contributed by atoms with Crippen LogP contribution in [0.25, 0.3) is 0 Å². The van der Waals surface area contributed by atoms with Crippen LogP contribution in [0.2, 0.25) is 5.02 Å². The summed E-state index contributed by atoms with van der Waals surface area (Å²) in [6.45, 7) is 3.79. The molecule has 10 heteroatoms. The van der Waals surface area contributed by atoms with Crippen molar-refractivity contribution in [1.29, 1.82) is 0 Å². The fourth-order valence-corrected chi connectivity index (χ4v) is 4.87. The Kier molecular flexibility index (Phi) is 5.14. The Labute approximate surface area is 165 Å². The summed E-state index contributed by atoms with van der Waals surface area (Å²) in [5, 5.41) is 9.10. The molecule has 0 saturated heterocycles. The molecular formula is C16H17BrClN5O2S. The maximum absolute atomic E-state index is 12.8. The third-order valence-corrected chi connectivity index (χ3v) is 6.49. The molecule has 138 valence electrons. The topological polar surface area (TPSA) is 81.8 Å². The fourth-order valence-electron chi connectivity index (χ4n) is 2.67. The van der Waals surface area contributed by atoms with E-state index in [1.807, 2.05) is 18.2 Å². The lowest BCUT2D eigenvalue weighted by Gasteiger charge is -2.07. The van der Waals surface area contributed by atoms with Crippen molar-refractivity contribution in [3.05, 3.63) is 56.9 Å². The summed E-state index contributed by atoms with van der Waals surface area (Å²) in [5.74, 6) is 0.208. The van der Waals surface area contributed by atoms with Gasteiger partial charge in [0.1, 0.15) is 4.90 Å². The average Bonchev–Trinajstić information content (AvgIpc) is 3.00. The van der Waals surface area contributed by atoms with Gasteiger partial charge >= 0.3 is 0 Å². The molecule has 0 amide bonds. The molecule has 0 bridgehead atoms. The van der Waals surface area contributed by atoms with E-state index in [1.54, 1.807) is 37.8 Å². The van der Waals surface area contributed by atoms with Crippen LogP contribution in [0.3, 0.4) is 0 Å². The zero-order valence-corrected chi connectivity index (χ0v) is 17.5. The zero-order valence-electron chi connectivity index (χ0n) is 14.4. The van der Waals surface area contributed by atoms with Crippen molar-refractivity contribution in [2.75, 3.05) is 4.72 Å². The molecular weight excluding hydrogens is 442 g/mol. The van der Waals surface area contributed by atoms with E-state index in [1.165, 1.54) is 4.68 Å². The van der Waals surface area contributed by atoms with Gasteiger partial charge in [0.05, 0.1) is 22.4 Å².